The number of carbonyl (C=O) groups is 1. The highest BCUT2D eigenvalue weighted by molar-refractivity contribution is 6.25. The van der Waals surface area contributed by atoms with Crippen LogP contribution in [0, 0.1) is 31.6 Å². The lowest BCUT2D eigenvalue weighted by atomic mass is 9.81. The zero-order valence-electron chi connectivity index (χ0n) is 16.8. The van der Waals surface area contributed by atoms with E-state index < -0.39 is 11.6 Å². The van der Waals surface area contributed by atoms with Crippen LogP contribution in [0.5, 0.6) is 0 Å². The molecule has 1 aromatic rings. The number of alkyl halides is 2. The Morgan fingerprint density at radius 1 is 1.25 bits per heavy atom. The average molecular weight is 427 g/mol. The summed E-state index contributed by atoms with van der Waals surface area (Å²) in [6.45, 7) is 7.35. The largest absolute Gasteiger partial charge is 0.480 e. The maximum absolute atomic E-state index is 10.6. The predicted molar refractivity (Wildman–Crippen MR) is 112 cm³/mol. The normalized spacial score (nSPS) is 24.7. The Hall–Kier alpha value is -1.25. The van der Waals surface area contributed by atoms with Gasteiger partial charge in [0, 0.05) is 23.1 Å². The summed E-state index contributed by atoms with van der Waals surface area (Å²) in [7, 11) is 0. The van der Waals surface area contributed by atoms with Crippen molar-refractivity contribution in [3.63, 3.8) is 0 Å². The molecule has 0 aliphatic heterocycles. The van der Waals surface area contributed by atoms with E-state index in [0.29, 0.717) is 12.8 Å². The van der Waals surface area contributed by atoms with E-state index in [-0.39, 0.29) is 35.8 Å². The van der Waals surface area contributed by atoms with Crippen molar-refractivity contribution < 1.29 is 19.7 Å². The molecule has 0 amide bonds. The lowest BCUT2D eigenvalue weighted by molar-refractivity contribution is -0.141. The van der Waals surface area contributed by atoms with Crippen molar-refractivity contribution in [3.05, 3.63) is 34.4 Å². The van der Waals surface area contributed by atoms with E-state index in [1.807, 2.05) is 19.9 Å². The van der Waals surface area contributed by atoms with Crippen molar-refractivity contribution in [1.82, 2.24) is 0 Å². The van der Waals surface area contributed by atoms with E-state index >= 15 is 0 Å². The van der Waals surface area contributed by atoms with Gasteiger partial charge >= 0.3 is 5.97 Å². The molecule has 28 heavy (non-hydrogen) atoms. The molecule has 4 atom stereocenters. The van der Waals surface area contributed by atoms with Crippen LogP contribution >= 0.6 is 23.2 Å². The molecule has 0 spiro atoms. The minimum Gasteiger partial charge on any atom is -0.480 e. The number of carboxylic acid groups (broad SMARTS) is 1. The molecular formula is C22H28Cl2O4. The number of benzene rings is 1. The van der Waals surface area contributed by atoms with E-state index in [4.69, 9.17) is 33.0 Å². The highest BCUT2D eigenvalue weighted by Crippen LogP contribution is 2.48. The van der Waals surface area contributed by atoms with Gasteiger partial charge in [-0.25, -0.2) is 4.79 Å². The minimum absolute atomic E-state index is 0.0406. The molecule has 1 aliphatic carbocycles. The molecular weight excluding hydrogens is 399 g/mol. The first-order valence-electron chi connectivity index (χ1n) is 9.39. The Bertz CT molecular complexity index is 773. The van der Waals surface area contributed by atoms with Crippen LogP contribution in [0.25, 0.3) is 0 Å². The van der Waals surface area contributed by atoms with Crippen LogP contribution in [0.1, 0.15) is 54.9 Å². The number of hydrogen-bond donors (Lipinski definition) is 2. The molecule has 0 saturated heterocycles. The van der Waals surface area contributed by atoms with E-state index in [9.17, 15) is 9.90 Å². The molecule has 4 nitrogen and oxygen atoms in total. The van der Waals surface area contributed by atoms with Crippen molar-refractivity contribution in [2.45, 2.75) is 62.8 Å². The number of aliphatic hydroxyl groups is 1. The predicted octanol–water partition coefficient (Wildman–Crippen LogP) is 4.34. The van der Waals surface area contributed by atoms with Crippen LogP contribution in [-0.2, 0) is 15.1 Å². The SMILES string of the molecule is Cc1cc(C2C(Cl)CC(Cl)C2CC#CCOCC(=O)O)cc(C(C)(C)O)c1C. The lowest BCUT2D eigenvalue weighted by Gasteiger charge is -2.27. The first-order valence-corrected chi connectivity index (χ1v) is 10.3. The maximum Gasteiger partial charge on any atom is 0.329 e. The molecule has 0 heterocycles. The molecule has 0 aromatic heterocycles. The first kappa shape index (κ1) is 23.0. The number of aliphatic carboxylic acids is 1. The Kier molecular flexibility index (Phi) is 7.81. The smallest absolute Gasteiger partial charge is 0.329 e. The van der Waals surface area contributed by atoms with Crippen molar-refractivity contribution in [1.29, 1.82) is 0 Å². The van der Waals surface area contributed by atoms with Gasteiger partial charge in [0.1, 0.15) is 13.2 Å². The van der Waals surface area contributed by atoms with Crippen LogP contribution in [0.2, 0.25) is 0 Å². The Morgan fingerprint density at radius 2 is 1.93 bits per heavy atom. The summed E-state index contributed by atoms with van der Waals surface area (Å²) >= 11 is 13.3. The number of aryl methyl sites for hydroxylation is 1. The quantitative estimate of drug-likeness (QED) is 0.403. The standard InChI is InChI=1S/C22H28Cl2O4/c1-13-9-15(10-17(14(13)2)22(3,4)27)21-16(18(23)11-19(21)24)7-5-6-8-28-12-20(25)26/h9-10,16,18-19,21,27H,7-8,11-12H2,1-4H3,(H,25,26). The second kappa shape index (κ2) is 9.50. The zero-order valence-corrected chi connectivity index (χ0v) is 18.3. The lowest BCUT2D eigenvalue weighted by Crippen LogP contribution is -2.21. The Morgan fingerprint density at radius 3 is 2.54 bits per heavy atom. The number of hydrogen-bond acceptors (Lipinski definition) is 3. The van der Waals surface area contributed by atoms with Gasteiger partial charge in [-0.2, -0.15) is 0 Å². The number of rotatable bonds is 6. The van der Waals surface area contributed by atoms with Gasteiger partial charge in [-0.05, 0) is 62.3 Å². The van der Waals surface area contributed by atoms with Gasteiger partial charge in [0.25, 0.3) is 0 Å². The van der Waals surface area contributed by atoms with E-state index in [2.05, 4.69) is 17.9 Å². The van der Waals surface area contributed by atoms with Crippen LogP contribution in [0.3, 0.4) is 0 Å². The van der Waals surface area contributed by atoms with Gasteiger partial charge in [0.15, 0.2) is 0 Å². The van der Waals surface area contributed by atoms with Crippen LogP contribution < -0.4 is 0 Å². The van der Waals surface area contributed by atoms with Crippen LogP contribution in [0.4, 0.5) is 0 Å². The third-order valence-corrected chi connectivity index (χ3v) is 6.31. The molecule has 1 saturated carbocycles. The monoisotopic (exact) mass is 426 g/mol. The summed E-state index contributed by atoms with van der Waals surface area (Å²) in [6.07, 6.45) is 1.25. The molecule has 1 aliphatic rings. The van der Waals surface area contributed by atoms with Gasteiger partial charge in [0.2, 0.25) is 0 Å². The topological polar surface area (TPSA) is 66.8 Å². The van der Waals surface area contributed by atoms with Crippen molar-refractivity contribution >= 4 is 29.2 Å². The molecule has 154 valence electrons. The fraction of sp³-hybridized carbons (Fsp3) is 0.591. The molecule has 0 bridgehead atoms. The molecule has 2 N–H and O–H groups in total. The first-order chi connectivity index (χ1) is 13.0. The van der Waals surface area contributed by atoms with E-state index in [1.165, 1.54) is 0 Å². The molecule has 2 rings (SSSR count). The third kappa shape index (κ3) is 5.64. The van der Waals surface area contributed by atoms with Crippen molar-refractivity contribution in [2.75, 3.05) is 13.2 Å². The summed E-state index contributed by atoms with van der Waals surface area (Å²) < 4.78 is 4.94. The molecule has 1 aromatic carbocycles. The molecule has 6 heteroatoms. The molecule has 4 unspecified atom stereocenters. The number of carboxylic acids is 1. The second-order valence-electron chi connectivity index (χ2n) is 7.97. The summed E-state index contributed by atoms with van der Waals surface area (Å²) in [6, 6.07) is 4.18. The Labute approximate surface area is 177 Å². The zero-order chi connectivity index (χ0) is 21.1. The van der Waals surface area contributed by atoms with Gasteiger partial charge in [-0.1, -0.05) is 18.1 Å². The summed E-state index contributed by atoms with van der Waals surface area (Å²) in [5.41, 5.74) is 3.23. The van der Waals surface area contributed by atoms with Crippen molar-refractivity contribution in [2.24, 2.45) is 5.92 Å². The fourth-order valence-corrected chi connectivity index (χ4v) is 4.94. The number of halogens is 2. The van der Waals surface area contributed by atoms with Crippen LogP contribution in [0.15, 0.2) is 12.1 Å². The summed E-state index contributed by atoms with van der Waals surface area (Å²) in [5.74, 6) is 5.02. The molecule has 1 fully saturated rings. The van der Waals surface area contributed by atoms with Gasteiger partial charge in [-0.3, -0.25) is 0 Å². The second-order valence-corrected chi connectivity index (χ2v) is 9.09. The van der Waals surface area contributed by atoms with Crippen molar-refractivity contribution in [3.8, 4) is 11.8 Å². The Balaban J connectivity index is 2.24. The van der Waals surface area contributed by atoms with E-state index in [0.717, 1.165) is 22.3 Å². The summed E-state index contributed by atoms with van der Waals surface area (Å²) in [4.78, 5) is 10.4. The van der Waals surface area contributed by atoms with Gasteiger partial charge < -0.3 is 14.9 Å². The number of ether oxygens (including phenoxy) is 1. The third-order valence-electron chi connectivity index (χ3n) is 5.36. The molecule has 0 radical (unpaired) electrons. The maximum atomic E-state index is 10.6. The minimum atomic E-state index is -1.01. The average Bonchev–Trinajstić information content (AvgIpc) is 2.85. The van der Waals surface area contributed by atoms with E-state index in [1.54, 1.807) is 13.8 Å². The fourth-order valence-electron chi connectivity index (χ4n) is 3.89. The van der Waals surface area contributed by atoms with Gasteiger partial charge in [0.05, 0.1) is 5.60 Å². The summed E-state index contributed by atoms with van der Waals surface area (Å²) in [5, 5.41) is 18.9. The highest BCUT2D eigenvalue weighted by Gasteiger charge is 2.42. The van der Waals surface area contributed by atoms with Crippen LogP contribution in [-0.4, -0.2) is 40.2 Å². The highest BCUT2D eigenvalue weighted by atomic mass is 35.5. The van der Waals surface area contributed by atoms with Gasteiger partial charge in [-0.15, -0.1) is 29.1 Å².